The zero-order chi connectivity index (χ0) is 14.9. The Bertz CT molecular complexity index is 419. The molecule has 0 spiro atoms. The summed E-state index contributed by atoms with van der Waals surface area (Å²) in [5.41, 5.74) is 1.15. The summed E-state index contributed by atoms with van der Waals surface area (Å²) < 4.78 is 5.26. The average Bonchev–Trinajstić information content (AvgIpc) is 2.53. The molecule has 2 rings (SSSR count). The molecule has 0 aliphatic carbocycles. The molecule has 0 saturated carbocycles. The van der Waals surface area contributed by atoms with Crippen molar-refractivity contribution in [3.05, 3.63) is 35.9 Å². The highest BCUT2D eigenvalue weighted by atomic mass is 16.5. The third kappa shape index (κ3) is 5.83. The Morgan fingerprint density at radius 3 is 2.67 bits per heavy atom. The fraction of sp³-hybridized carbons (Fsp3) is 0.562. The van der Waals surface area contributed by atoms with Gasteiger partial charge in [0.2, 0.25) is 5.91 Å². The van der Waals surface area contributed by atoms with E-state index in [1.807, 2.05) is 30.3 Å². The monoisotopic (exact) mass is 292 g/mol. The summed E-state index contributed by atoms with van der Waals surface area (Å²) in [4.78, 5) is 11.9. The van der Waals surface area contributed by atoms with Crippen LogP contribution in [0.5, 0.6) is 0 Å². The number of amides is 1. The van der Waals surface area contributed by atoms with Gasteiger partial charge in [0, 0.05) is 25.3 Å². The van der Waals surface area contributed by atoms with Crippen LogP contribution < -0.4 is 10.6 Å². The van der Waals surface area contributed by atoms with E-state index in [0.29, 0.717) is 19.6 Å². The van der Waals surface area contributed by atoms with Gasteiger partial charge in [-0.1, -0.05) is 30.3 Å². The first-order chi connectivity index (χ1) is 10.3. The molecule has 0 aromatic heterocycles. The van der Waals surface area contributed by atoms with E-state index in [-0.39, 0.29) is 31.1 Å². The number of nitrogens with one attached hydrogen (secondary N) is 2. The van der Waals surface area contributed by atoms with E-state index in [4.69, 9.17) is 4.74 Å². The van der Waals surface area contributed by atoms with E-state index in [2.05, 4.69) is 10.6 Å². The highest BCUT2D eigenvalue weighted by Gasteiger charge is 2.16. The second-order valence-corrected chi connectivity index (χ2v) is 5.40. The van der Waals surface area contributed by atoms with Gasteiger partial charge in [0.05, 0.1) is 13.2 Å². The molecule has 1 unspecified atom stereocenters. The largest absolute Gasteiger partial charge is 0.395 e. The standard InChI is InChI=1S/C16H24N2O3/c19-12-15(10-13-4-2-1-3-5-13)17-11-16(20)18-14-6-8-21-9-7-14/h1-5,14-15,17,19H,6-12H2,(H,18,20). The molecule has 1 atom stereocenters. The third-order valence-electron chi connectivity index (χ3n) is 3.68. The minimum Gasteiger partial charge on any atom is -0.395 e. The zero-order valence-electron chi connectivity index (χ0n) is 12.3. The van der Waals surface area contributed by atoms with Gasteiger partial charge in [0.25, 0.3) is 0 Å². The van der Waals surface area contributed by atoms with Crippen molar-refractivity contribution in [1.29, 1.82) is 0 Å². The third-order valence-corrected chi connectivity index (χ3v) is 3.68. The second-order valence-electron chi connectivity index (χ2n) is 5.40. The summed E-state index contributed by atoms with van der Waals surface area (Å²) in [5, 5.41) is 15.5. The maximum Gasteiger partial charge on any atom is 0.234 e. The van der Waals surface area contributed by atoms with Crippen molar-refractivity contribution in [3.63, 3.8) is 0 Å². The van der Waals surface area contributed by atoms with Gasteiger partial charge in [0.1, 0.15) is 0 Å². The van der Waals surface area contributed by atoms with Gasteiger partial charge in [-0.25, -0.2) is 0 Å². The molecule has 1 amide bonds. The molecular formula is C16H24N2O3. The van der Waals surface area contributed by atoms with Crippen LogP contribution in [0.3, 0.4) is 0 Å². The van der Waals surface area contributed by atoms with E-state index in [1.165, 1.54) is 0 Å². The second kappa shape index (κ2) is 8.77. The van der Waals surface area contributed by atoms with Crippen LogP contribution in [0.15, 0.2) is 30.3 Å². The van der Waals surface area contributed by atoms with E-state index in [0.717, 1.165) is 18.4 Å². The Hall–Kier alpha value is -1.43. The average molecular weight is 292 g/mol. The molecule has 0 radical (unpaired) electrons. The number of benzene rings is 1. The van der Waals surface area contributed by atoms with Crippen molar-refractivity contribution in [2.45, 2.75) is 31.3 Å². The number of aliphatic hydroxyl groups is 1. The molecule has 0 bridgehead atoms. The van der Waals surface area contributed by atoms with Gasteiger partial charge in [-0.05, 0) is 24.8 Å². The molecule has 1 heterocycles. The van der Waals surface area contributed by atoms with E-state index in [1.54, 1.807) is 0 Å². The molecule has 5 heteroatoms. The fourth-order valence-corrected chi connectivity index (χ4v) is 2.46. The highest BCUT2D eigenvalue weighted by molar-refractivity contribution is 5.78. The molecule has 1 saturated heterocycles. The summed E-state index contributed by atoms with van der Waals surface area (Å²) in [5.74, 6) is -0.0200. The van der Waals surface area contributed by atoms with Crippen molar-refractivity contribution in [1.82, 2.24) is 10.6 Å². The fourth-order valence-electron chi connectivity index (χ4n) is 2.46. The molecule has 116 valence electrons. The number of hydrogen-bond donors (Lipinski definition) is 3. The lowest BCUT2D eigenvalue weighted by Crippen LogP contribution is -2.46. The molecule has 21 heavy (non-hydrogen) atoms. The number of carbonyl (C=O) groups excluding carboxylic acids is 1. The normalized spacial score (nSPS) is 17.4. The zero-order valence-corrected chi connectivity index (χ0v) is 12.3. The van der Waals surface area contributed by atoms with Crippen molar-refractivity contribution in [3.8, 4) is 0 Å². The molecule has 1 aliphatic heterocycles. The Kier molecular flexibility index (Phi) is 6.66. The van der Waals surface area contributed by atoms with E-state index in [9.17, 15) is 9.90 Å². The molecule has 1 aromatic carbocycles. The summed E-state index contributed by atoms with van der Waals surface area (Å²) in [6.45, 7) is 1.67. The Labute approximate surface area is 125 Å². The molecule has 5 nitrogen and oxygen atoms in total. The first-order valence-corrected chi connectivity index (χ1v) is 7.53. The van der Waals surface area contributed by atoms with Crippen LogP contribution in [0.25, 0.3) is 0 Å². The smallest absolute Gasteiger partial charge is 0.234 e. The van der Waals surface area contributed by atoms with Gasteiger partial charge in [0.15, 0.2) is 0 Å². The Balaban J connectivity index is 1.70. The van der Waals surface area contributed by atoms with Crippen LogP contribution in [-0.2, 0) is 16.0 Å². The Morgan fingerprint density at radius 2 is 2.00 bits per heavy atom. The van der Waals surface area contributed by atoms with Gasteiger partial charge >= 0.3 is 0 Å². The first kappa shape index (κ1) is 15.9. The van der Waals surface area contributed by atoms with Crippen molar-refractivity contribution < 1.29 is 14.6 Å². The minimum atomic E-state index is -0.104. The molecule has 3 N–H and O–H groups in total. The summed E-state index contributed by atoms with van der Waals surface area (Å²) in [6, 6.07) is 10.1. The van der Waals surface area contributed by atoms with Gasteiger partial charge < -0.3 is 20.5 Å². The number of aliphatic hydroxyl groups excluding tert-OH is 1. The van der Waals surface area contributed by atoms with Crippen molar-refractivity contribution in [2.75, 3.05) is 26.4 Å². The Morgan fingerprint density at radius 1 is 1.29 bits per heavy atom. The minimum absolute atomic E-state index is 0.0133. The summed E-state index contributed by atoms with van der Waals surface area (Å²) in [6.07, 6.45) is 2.46. The predicted octanol–water partition coefficient (Wildman–Crippen LogP) is 0.475. The van der Waals surface area contributed by atoms with Gasteiger partial charge in [-0.2, -0.15) is 0 Å². The van der Waals surface area contributed by atoms with E-state index >= 15 is 0 Å². The maximum absolute atomic E-state index is 11.9. The molecule has 1 fully saturated rings. The van der Waals surface area contributed by atoms with Crippen LogP contribution in [0.1, 0.15) is 18.4 Å². The summed E-state index contributed by atoms with van der Waals surface area (Å²) >= 11 is 0. The number of rotatable bonds is 7. The molecule has 1 aliphatic rings. The van der Waals surface area contributed by atoms with Crippen LogP contribution in [0.2, 0.25) is 0 Å². The predicted molar refractivity (Wildman–Crippen MR) is 81.0 cm³/mol. The van der Waals surface area contributed by atoms with Crippen molar-refractivity contribution >= 4 is 5.91 Å². The van der Waals surface area contributed by atoms with Crippen LogP contribution in [0.4, 0.5) is 0 Å². The van der Waals surface area contributed by atoms with Gasteiger partial charge in [-0.3, -0.25) is 4.79 Å². The lowest BCUT2D eigenvalue weighted by molar-refractivity contribution is -0.121. The van der Waals surface area contributed by atoms with Crippen LogP contribution in [-0.4, -0.2) is 49.5 Å². The number of carbonyl (C=O) groups is 1. The lowest BCUT2D eigenvalue weighted by atomic mass is 10.1. The van der Waals surface area contributed by atoms with Crippen LogP contribution in [0, 0.1) is 0 Å². The van der Waals surface area contributed by atoms with Crippen molar-refractivity contribution in [2.24, 2.45) is 0 Å². The maximum atomic E-state index is 11.9. The molecular weight excluding hydrogens is 268 g/mol. The van der Waals surface area contributed by atoms with E-state index < -0.39 is 0 Å². The van der Waals surface area contributed by atoms with Crippen LogP contribution >= 0.6 is 0 Å². The topological polar surface area (TPSA) is 70.6 Å². The summed E-state index contributed by atoms with van der Waals surface area (Å²) in [7, 11) is 0. The lowest BCUT2D eigenvalue weighted by Gasteiger charge is -2.24. The SMILES string of the molecule is O=C(CNC(CO)Cc1ccccc1)NC1CCOCC1. The van der Waals surface area contributed by atoms with Gasteiger partial charge in [-0.15, -0.1) is 0 Å². The molecule has 1 aromatic rings. The number of hydrogen-bond acceptors (Lipinski definition) is 4. The highest BCUT2D eigenvalue weighted by Crippen LogP contribution is 2.06. The quantitative estimate of drug-likeness (QED) is 0.683. The first-order valence-electron chi connectivity index (χ1n) is 7.53. The number of ether oxygens (including phenoxy) is 1.